The van der Waals surface area contributed by atoms with Crippen LogP contribution in [0.2, 0.25) is 0 Å². The summed E-state index contributed by atoms with van der Waals surface area (Å²) < 4.78 is 4.96. The molecule has 0 amide bonds. The van der Waals surface area contributed by atoms with Gasteiger partial charge in [0, 0.05) is 11.6 Å². The lowest BCUT2D eigenvalue weighted by atomic mass is 10.0. The van der Waals surface area contributed by atoms with Crippen molar-refractivity contribution in [2.24, 2.45) is 0 Å². The summed E-state index contributed by atoms with van der Waals surface area (Å²) >= 11 is 5.18. The molecule has 0 aliphatic carbocycles. The molecular formula is C12H13NO2S. The predicted molar refractivity (Wildman–Crippen MR) is 67.0 cm³/mol. The first-order chi connectivity index (χ1) is 7.63. The number of hydrogen-bond donors (Lipinski definition) is 1. The summed E-state index contributed by atoms with van der Waals surface area (Å²) in [5.41, 5.74) is 2.64. The first kappa shape index (κ1) is 11.1. The highest BCUT2D eigenvalue weighted by Crippen LogP contribution is 2.33. The first-order valence-electron chi connectivity index (χ1n) is 5.25. The minimum absolute atomic E-state index is 0.166. The second-order valence-corrected chi connectivity index (χ2v) is 4.17. The fourth-order valence-electron chi connectivity index (χ4n) is 1.76. The van der Waals surface area contributed by atoms with Gasteiger partial charge >= 0.3 is 5.97 Å². The van der Waals surface area contributed by atoms with Crippen molar-refractivity contribution in [1.82, 2.24) is 0 Å². The molecule has 0 bridgehead atoms. The van der Waals surface area contributed by atoms with Crippen LogP contribution in [0.3, 0.4) is 0 Å². The Balaban J connectivity index is 2.34. The van der Waals surface area contributed by atoms with Gasteiger partial charge in [-0.2, -0.15) is 0 Å². The molecule has 1 unspecified atom stereocenters. The number of thiocarbonyl (C=S) groups is 1. The van der Waals surface area contributed by atoms with E-state index in [1.165, 1.54) is 0 Å². The molecule has 16 heavy (non-hydrogen) atoms. The van der Waals surface area contributed by atoms with E-state index in [0.717, 1.165) is 16.2 Å². The van der Waals surface area contributed by atoms with Crippen LogP contribution in [0, 0.1) is 0 Å². The van der Waals surface area contributed by atoms with Crippen molar-refractivity contribution >= 4 is 28.9 Å². The highest BCUT2D eigenvalue weighted by atomic mass is 32.1. The number of rotatable bonds is 2. The molecule has 1 heterocycles. The second-order valence-electron chi connectivity index (χ2n) is 3.73. The molecule has 1 N–H and O–H groups in total. The summed E-state index contributed by atoms with van der Waals surface area (Å²) in [5, 5.41) is 3.12. The lowest BCUT2D eigenvalue weighted by Gasteiger charge is -2.05. The molecule has 0 aromatic heterocycles. The van der Waals surface area contributed by atoms with E-state index in [1.807, 2.05) is 19.1 Å². The average Bonchev–Trinajstić information content (AvgIpc) is 2.55. The van der Waals surface area contributed by atoms with E-state index in [-0.39, 0.29) is 11.9 Å². The Kier molecular flexibility index (Phi) is 2.92. The molecular weight excluding hydrogens is 222 g/mol. The topological polar surface area (TPSA) is 38.3 Å². The van der Waals surface area contributed by atoms with E-state index in [0.29, 0.717) is 12.2 Å². The Labute approximate surface area is 99.8 Å². The van der Waals surface area contributed by atoms with Crippen LogP contribution < -0.4 is 5.32 Å². The van der Waals surface area contributed by atoms with Gasteiger partial charge < -0.3 is 10.1 Å². The van der Waals surface area contributed by atoms with Gasteiger partial charge in [-0.25, -0.2) is 4.79 Å². The zero-order valence-corrected chi connectivity index (χ0v) is 10.1. The first-order valence-corrected chi connectivity index (χ1v) is 5.66. The van der Waals surface area contributed by atoms with Gasteiger partial charge in [0.2, 0.25) is 0 Å². The SMILES string of the molecule is CCOC(=O)c1ccc2c(c1)C(C)C(=S)N2. The van der Waals surface area contributed by atoms with Crippen LogP contribution >= 0.6 is 12.2 Å². The number of carbonyl (C=O) groups excluding carboxylic acids is 1. The standard InChI is InChI=1S/C12H13NO2S/c1-3-15-12(14)8-4-5-10-9(6-8)7(2)11(16)13-10/h4-7H,3H2,1-2H3,(H,13,16). The van der Waals surface area contributed by atoms with Gasteiger partial charge in [0.25, 0.3) is 0 Å². The lowest BCUT2D eigenvalue weighted by molar-refractivity contribution is 0.0526. The predicted octanol–water partition coefficient (Wildman–Crippen LogP) is 2.72. The van der Waals surface area contributed by atoms with Crippen molar-refractivity contribution in [2.45, 2.75) is 19.8 Å². The summed E-state index contributed by atoms with van der Waals surface area (Å²) in [6.07, 6.45) is 0. The Morgan fingerprint density at radius 1 is 1.56 bits per heavy atom. The minimum Gasteiger partial charge on any atom is -0.462 e. The van der Waals surface area contributed by atoms with Crippen molar-refractivity contribution in [3.05, 3.63) is 29.3 Å². The zero-order chi connectivity index (χ0) is 11.7. The van der Waals surface area contributed by atoms with Gasteiger partial charge in [-0.3, -0.25) is 0 Å². The fraction of sp³-hybridized carbons (Fsp3) is 0.333. The van der Waals surface area contributed by atoms with Gasteiger partial charge in [-0.05, 0) is 30.7 Å². The van der Waals surface area contributed by atoms with Crippen molar-refractivity contribution in [3.8, 4) is 0 Å². The number of hydrogen-bond acceptors (Lipinski definition) is 3. The van der Waals surface area contributed by atoms with E-state index in [9.17, 15) is 4.79 Å². The Morgan fingerprint density at radius 2 is 2.31 bits per heavy atom. The van der Waals surface area contributed by atoms with Crippen LogP contribution in [0.5, 0.6) is 0 Å². The summed E-state index contributed by atoms with van der Waals surface area (Å²) in [4.78, 5) is 12.4. The third-order valence-electron chi connectivity index (χ3n) is 2.68. The fourth-order valence-corrected chi connectivity index (χ4v) is 2.00. The smallest absolute Gasteiger partial charge is 0.338 e. The maximum Gasteiger partial charge on any atom is 0.338 e. The number of esters is 1. The Morgan fingerprint density at radius 3 is 3.00 bits per heavy atom. The quantitative estimate of drug-likeness (QED) is 0.632. The maximum atomic E-state index is 11.6. The highest BCUT2D eigenvalue weighted by Gasteiger charge is 2.24. The van der Waals surface area contributed by atoms with Crippen LogP contribution in [0.25, 0.3) is 0 Å². The van der Waals surface area contributed by atoms with E-state index in [1.54, 1.807) is 13.0 Å². The molecule has 1 aliphatic heterocycles. The van der Waals surface area contributed by atoms with Crippen molar-refractivity contribution in [3.63, 3.8) is 0 Å². The summed E-state index contributed by atoms with van der Waals surface area (Å²) in [6, 6.07) is 5.48. The van der Waals surface area contributed by atoms with Crippen LogP contribution in [0.15, 0.2) is 18.2 Å². The molecule has 4 heteroatoms. The van der Waals surface area contributed by atoms with E-state index < -0.39 is 0 Å². The third kappa shape index (κ3) is 1.80. The molecule has 1 aromatic rings. The van der Waals surface area contributed by atoms with Crippen LogP contribution in [0.1, 0.15) is 35.7 Å². The molecule has 0 saturated carbocycles. The van der Waals surface area contributed by atoms with Gasteiger partial charge in [0.05, 0.1) is 17.2 Å². The molecule has 2 rings (SSSR count). The van der Waals surface area contributed by atoms with E-state index >= 15 is 0 Å². The van der Waals surface area contributed by atoms with Crippen molar-refractivity contribution < 1.29 is 9.53 Å². The molecule has 3 nitrogen and oxygen atoms in total. The van der Waals surface area contributed by atoms with E-state index in [2.05, 4.69) is 5.32 Å². The van der Waals surface area contributed by atoms with Gasteiger partial charge in [0.15, 0.2) is 0 Å². The number of fused-ring (bicyclic) bond motifs is 1. The van der Waals surface area contributed by atoms with Gasteiger partial charge in [-0.15, -0.1) is 0 Å². The number of carbonyl (C=O) groups is 1. The normalized spacial score (nSPS) is 17.9. The van der Waals surface area contributed by atoms with Gasteiger partial charge in [0.1, 0.15) is 0 Å². The monoisotopic (exact) mass is 235 g/mol. The van der Waals surface area contributed by atoms with Crippen LogP contribution in [-0.4, -0.2) is 17.6 Å². The number of nitrogens with one attached hydrogen (secondary N) is 1. The molecule has 1 aliphatic rings. The summed E-state index contributed by atoms with van der Waals surface area (Å²) in [5.74, 6) is -0.116. The minimum atomic E-state index is -0.282. The molecule has 1 aromatic carbocycles. The largest absolute Gasteiger partial charge is 0.462 e. The zero-order valence-electron chi connectivity index (χ0n) is 9.24. The number of anilines is 1. The van der Waals surface area contributed by atoms with Crippen LogP contribution in [-0.2, 0) is 4.74 Å². The molecule has 0 spiro atoms. The second kappa shape index (κ2) is 4.22. The molecule has 0 radical (unpaired) electrons. The molecule has 1 atom stereocenters. The van der Waals surface area contributed by atoms with Crippen molar-refractivity contribution in [2.75, 3.05) is 11.9 Å². The highest BCUT2D eigenvalue weighted by molar-refractivity contribution is 7.80. The molecule has 0 saturated heterocycles. The molecule has 84 valence electrons. The van der Waals surface area contributed by atoms with Gasteiger partial charge in [-0.1, -0.05) is 19.1 Å². The van der Waals surface area contributed by atoms with Crippen LogP contribution in [0.4, 0.5) is 5.69 Å². The summed E-state index contributed by atoms with van der Waals surface area (Å²) in [6.45, 7) is 4.21. The molecule has 0 fully saturated rings. The maximum absolute atomic E-state index is 11.6. The number of ether oxygens (including phenoxy) is 1. The van der Waals surface area contributed by atoms with Crippen molar-refractivity contribution in [1.29, 1.82) is 0 Å². The Hall–Kier alpha value is -1.42. The summed E-state index contributed by atoms with van der Waals surface area (Å²) in [7, 11) is 0. The third-order valence-corrected chi connectivity index (χ3v) is 3.14. The number of benzene rings is 1. The average molecular weight is 235 g/mol. The Bertz CT molecular complexity index is 456. The van der Waals surface area contributed by atoms with E-state index in [4.69, 9.17) is 17.0 Å². The lowest BCUT2D eigenvalue weighted by Crippen LogP contribution is -2.06.